The topological polar surface area (TPSA) is 781 Å². The number of imidazole rings is 5. The number of rotatable bonds is 6. The number of hydrogen-bond donors (Lipinski definition) is 16. The first-order valence-corrected chi connectivity index (χ1v) is 53.3. The summed E-state index contributed by atoms with van der Waals surface area (Å²) in [4.78, 5) is 139. The molecule has 0 aliphatic carbocycles. The second-order valence-corrected chi connectivity index (χ2v) is 45.9. The molecule has 29 atom stereocenters. The van der Waals surface area contributed by atoms with Crippen LogP contribution in [0, 0.1) is 0 Å². The number of fused-ring (bicyclic) bond motifs is 15. The van der Waals surface area contributed by atoms with E-state index in [2.05, 4.69) is 92.5 Å². The van der Waals surface area contributed by atoms with Crippen molar-refractivity contribution in [2.75, 3.05) is 74.0 Å². The fourth-order valence-electron chi connectivity index (χ4n) is 15.9. The quantitative estimate of drug-likeness (QED) is 0.0626. The summed E-state index contributed by atoms with van der Waals surface area (Å²) in [6.45, 7) is -21.3. The minimum absolute atomic E-state index is 0.0348. The molecule has 9 aliphatic rings. The number of nitrogens with two attached hydrogens (primary N) is 6. The van der Waals surface area contributed by atoms with Crippen LogP contribution in [0.15, 0.2) is 82.7 Å². The van der Waals surface area contributed by atoms with E-state index in [0.29, 0.717) is 17.0 Å². The maximum Gasteiger partial charge on any atom is 0.472 e. The fraction of sp³-hybridized carbons (Fsp3) is 0.484. The molecular weight excluding hydrogens is 2020 g/mol. The zero-order valence-corrected chi connectivity index (χ0v) is 76.4. The van der Waals surface area contributed by atoms with E-state index in [-0.39, 0.29) is 91.5 Å². The third-order valence-corrected chi connectivity index (χ3v) is 31.7. The normalized spacial score (nSPS) is 37.3. The van der Waals surface area contributed by atoms with Gasteiger partial charge in [0.1, 0.15) is 89.7 Å². The fourth-order valence-corrected chi connectivity index (χ4v) is 25.1. The minimum atomic E-state index is -5.14. The molecule has 6 unspecified atom stereocenters. The molecule has 72 heteroatoms. The van der Waals surface area contributed by atoms with E-state index in [9.17, 15) is 57.7 Å². The number of aliphatic hydroxyl groups excluding tert-OH is 1. The van der Waals surface area contributed by atoms with E-state index in [1.807, 2.05) is 0 Å². The molecule has 9 saturated heterocycles. The molecular formula is C62H70F4N28O29P6S5. The first kappa shape index (κ1) is 94.7. The van der Waals surface area contributed by atoms with Gasteiger partial charge in [-0.25, -0.2) is 75.3 Å². The molecule has 6 bridgehead atoms. The van der Waals surface area contributed by atoms with E-state index in [1.54, 1.807) is 6.07 Å². The summed E-state index contributed by atoms with van der Waals surface area (Å²) in [5.74, 6) is -0.752. The minimum Gasteiger partial charge on any atom is -0.397 e. The van der Waals surface area contributed by atoms with Crippen LogP contribution in [-0.4, -0.2) is 280 Å². The predicted molar refractivity (Wildman–Crippen MR) is 461 cm³/mol. The van der Waals surface area contributed by atoms with Crippen molar-refractivity contribution in [1.29, 1.82) is 0 Å². The molecule has 0 radical (unpaired) electrons. The largest absolute Gasteiger partial charge is 0.472 e. The molecule has 0 saturated carbocycles. The molecule has 720 valence electrons. The average Bonchev–Trinajstić information content (AvgIpc) is 1.61. The van der Waals surface area contributed by atoms with Gasteiger partial charge in [-0.1, -0.05) is 17.5 Å². The number of phosphoric acid groups is 2. The monoisotopic (exact) mass is 2090 g/mol. The highest BCUT2D eigenvalue weighted by Crippen LogP contribution is 2.62. The number of anilines is 6. The molecule has 21 heterocycles. The van der Waals surface area contributed by atoms with Crippen LogP contribution in [0.2, 0.25) is 0 Å². The number of hydrogen-bond acceptors (Lipinski definition) is 47. The van der Waals surface area contributed by atoms with Crippen molar-refractivity contribution in [1.82, 2.24) is 108 Å². The van der Waals surface area contributed by atoms with Gasteiger partial charge in [0, 0.05) is 18.8 Å². The van der Waals surface area contributed by atoms with Crippen molar-refractivity contribution in [2.24, 2.45) is 0 Å². The van der Waals surface area contributed by atoms with Gasteiger partial charge in [0.25, 0.3) is 16.7 Å². The lowest BCUT2D eigenvalue weighted by Gasteiger charge is -2.27. The lowest BCUT2D eigenvalue weighted by atomic mass is 10.1. The number of nitrogen functional groups attached to an aromatic ring is 6. The highest BCUT2D eigenvalue weighted by molar-refractivity contribution is 8.44. The summed E-state index contributed by atoms with van der Waals surface area (Å²) in [5, 5.41) is 21.3. The van der Waals surface area contributed by atoms with E-state index < -0.39 is 238 Å². The Morgan fingerprint density at radius 3 is 1.43 bits per heavy atom. The molecule has 0 aromatic carbocycles. The van der Waals surface area contributed by atoms with Crippen molar-refractivity contribution in [3.63, 3.8) is 0 Å². The van der Waals surface area contributed by atoms with Crippen LogP contribution in [-0.2, 0) is 127 Å². The number of phosphoric ester groups is 2. The SMILES string of the molecule is Nc1nc2c(ncn2[C@@H]2O[C@@H]3COP(=O)(O)O[C@H]4[C@H](F)[C@H](n5cnc6c(N)ccnc65)O[C@@H]4COP(O)(=S)O[C@@H]2[C@@H]3F)c(=O)[nH]1.Nc1nc2c(ncn2[C@@H]2O[C@@H]3COP(=O)(S)O[C@H]4[C@H](F)[C@H](n5cnc6c(N)ccnc65)O[C@@H]4COP(O)(=S)O[C@@H]2[C@@H]3F)c(=O)[nH]1.Nc1nc2c(nnn2[C@@H]2S[C@@H]3COP(=O)(O)O[C@H]4C[C@H](c5cnc6c(N)ccnn56)O[C@@H]4COP(O)(=S)O[C@@H]2[C@@H]3O)c(=O)[nH]1. The first-order valence-electron chi connectivity index (χ1n) is 38.9. The number of thiol groups is 1. The molecule has 21 rings (SSSR count). The number of alkyl halides is 4. The predicted octanol–water partition coefficient (Wildman–Crippen LogP) is 0.967. The average molecular weight is 2090 g/mol. The van der Waals surface area contributed by atoms with Gasteiger partial charge < -0.3 is 101 Å². The van der Waals surface area contributed by atoms with Crippen molar-refractivity contribution in [3.8, 4) is 0 Å². The Balaban J connectivity index is 0.000000129. The Kier molecular flexibility index (Phi) is 25.6. The van der Waals surface area contributed by atoms with Crippen molar-refractivity contribution in [2.45, 2.75) is 146 Å². The maximum atomic E-state index is 16.0. The second kappa shape index (κ2) is 36.2. The zero-order chi connectivity index (χ0) is 94.6. The summed E-state index contributed by atoms with van der Waals surface area (Å²) in [6.07, 6.45) is -22.3. The summed E-state index contributed by atoms with van der Waals surface area (Å²) < 4.78 is 205. The van der Waals surface area contributed by atoms with E-state index in [4.69, 9.17) is 148 Å². The van der Waals surface area contributed by atoms with Crippen LogP contribution in [0.4, 0.5) is 52.5 Å². The van der Waals surface area contributed by atoms with Gasteiger partial charge in [0.2, 0.25) is 17.8 Å². The van der Waals surface area contributed by atoms with Crippen LogP contribution < -0.4 is 51.1 Å². The van der Waals surface area contributed by atoms with Gasteiger partial charge >= 0.3 is 42.6 Å². The molecule has 12 aromatic rings. The first-order chi connectivity index (χ1) is 63.5. The lowest BCUT2D eigenvalue weighted by Crippen LogP contribution is -2.35. The number of aliphatic hydroxyl groups is 1. The maximum absolute atomic E-state index is 16.0. The summed E-state index contributed by atoms with van der Waals surface area (Å²) >= 11 is 20.5. The van der Waals surface area contributed by atoms with Crippen LogP contribution >= 0.6 is 66.6 Å². The number of thioether (sulfide) groups is 1. The van der Waals surface area contributed by atoms with E-state index >= 15 is 17.6 Å². The highest BCUT2D eigenvalue weighted by atomic mass is 32.7. The number of aromatic amines is 3. The smallest absolute Gasteiger partial charge is 0.397 e. The van der Waals surface area contributed by atoms with E-state index in [1.165, 1.54) is 67.9 Å². The van der Waals surface area contributed by atoms with Gasteiger partial charge in [-0.15, -0.1) is 16.9 Å². The van der Waals surface area contributed by atoms with Gasteiger partial charge in [0.05, 0.1) is 111 Å². The third kappa shape index (κ3) is 18.5. The number of H-pyrrole nitrogens is 3. The number of pyridine rings is 2. The summed E-state index contributed by atoms with van der Waals surface area (Å²) in [5.41, 5.74) is 34.9. The number of nitrogens with one attached hydrogen (secondary N) is 3. The number of halogens is 4. The Morgan fingerprint density at radius 1 is 0.448 bits per heavy atom. The Morgan fingerprint density at radius 2 is 0.888 bits per heavy atom. The second-order valence-electron chi connectivity index (χ2n) is 30.4. The third-order valence-electron chi connectivity index (χ3n) is 21.9. The summed E-state index contributed by atoms with van der Waals surface area (Å²) in [6, 6.07) is 4.60. The van der Waals surface area contributed by atoms with Crippen molar-refractivity contribution < 1.29 is 139 Å². The number of nitrogens with zero attached hydrogens (tertiary/aromatic N) is 19. The molecule has 12 aromatic heterocycles. The van der Waals surface area contributed by atoms with E-state index in [0.717, 1.165) is 33.6 Å². The Labute approximate surface area is 765 Å². The molecule has 134 heavy (non-hydrogen) atoms. The molecule has 0 amide bonds. The van der Waals surface area contributed by atoms with Crippen LogP contribution in [0.25, 0.3) is 61.5 Å². The molecule has 21 N–H and O–H groups in total. The number of ether oxygens (including phenoxy) is 5. The standard InChI is InChI=1S/C21H23F2N9O10P2S.C21H23F2N9O9P2S2.C20H24N10O10P2S2/c22-10-8-3-37-43(34,35)41-14-9(40-19(11(14)23)31-5-27-12-7(24)1-2-26-16(12)31)4-38-44(36,45)42-15(10)20(39-8)32-6-28-13-17(32)29-21(25)30-18(13)33;22-10-8-3-36-42(34,44)40-14-9(39-19(11(14)23)31-5-27-12-7(24)1-2-26-16(12)31)4-37-43(35,45)41-15(10)20(38-8)32-6-28-13-17(32)29-21(25)30-18(13)33;21-7-1-2-24-29-8(4-23-16(7)29)9-3-10-11(38-9)5-37-42(35,43)40-15-14(31)12(6-36-41(33,34)39-10)44-19(15)30-17-13(27-28-30)18(32)26-20(22)25-17/h1-2,5-6,8-11,14-15,19-20H,3-4H2,(H2,24,26)(H,34,35)(H,36,45)(H3,25,29,30,33);1-2,5-6,8-11,14-15,19-20H,3-4H2,(H2,24,26)(H,34,44)(H,35,45)(H3,25,29,30,33);1-2,4,9-12,14-15,19,31H,3,5-6,21H2,(H,33,34)(H,35,43)(H3,22,25,26,32)/t8-,9-,10-,11+,14-,15-,19-,20-,44?;8-,9-,10-,11+,14-,15-,19-,20-,42?,43?;9-,10+,11-,12-,14-,15-,19-,42?/m111/s1. The molecule has 9 fully saturated rings. The van der Waals surface area contributed by atoms with Crippen LogP contribution in [0.3, 0.4) is 0 Å². The number of aromatic nitrogens is 22. The van der Waals surface area contributed by atoms with Crippen molar-refractivity contribution >= 4 is 198 Å². The van der Waals surface area contributed by atoms with Gasteiger partial charge in [-0.3, -0.25) is 88.3 Å². The highest BCUT2D eigenvalue weighted by Gasteiger charge is 2.59. The van der Waals surface area contributed by atoms with Crippen LogP contribution in [0.5, 0.6) is 0 Å². The summed E-state index contributed by atoms with van der Waals surface area (Å²) in [7, 11) is -9.89. The Bertz CT molecular complexity index is 6830. The van der Waals surface area contributed by atoms with Gasteiger partial charge in [-0.05, 0) is 53.6 Å². The Hall–Kier alpha value is -8.22. The molecule has 0 spiro atoms. The van der Waals surface area contributed by atoms with Crippen LogP contribution in [0.1, 0.15) is 48.5 Å². The zero-order valence-electron chi connectivity index (χ0n) is 66.9. The van der Waals surface area contributed by atoms with Crippen molar-refractivity contribution in [3.05, 3.63) is 105 Å². The lowest BCUT2D eigenvalue weighted by molar-refractivity contribution is -0.0630. The van der Waals surface area contributed by atoms with Gasteiger partial charge in [0.15, 0.2) is 100 Å². The van der Waals surface area contributed by atoms with Gasteiger partial charge in [-0.2, -0.15) is 20.1 Å². The molecule has 57 nitrogen and oxygen atoms in total. The molecule has 9 aliphatic heterocycles.